The van der Waals surface area contributed by atoms with Gasteiger partial charge in [0.05, 0.1) is 6.61 Å². The van der Waals surface area contributed by atoms with Crippen LogP contribution in [0, 0.1) is 38.9 Å². The minimum atomic E-state index is -1.19. The lowest BCUT2D eigenvalue weighted by Crippen LogP contribution is -2.34. The Morgan fingerprint density at radius 3 is 1.67 bits per heavy atom. The van der Waals surface area contributed by atoms with Gasteiger partial charge in [-0.2, -0.15) is 0 Å². The van der Waals surface area contributed by atoms with Crippen LogP contribution in [0.4, 0.5) is 0 Å². The van der Waals surface area contributed by atoms with E-state index in [2.05, 4.69) is 48.1 Å². The topological polar surface area (TPSA) is 60.4 Å². The predicted octanol–water partition coefficient (Wildman–Crippen LogP) is 6.02. The Bertz CT molecular complexity index is 929. The number of carbonyl (C=O) groups excluding carboxylic acids is 3. The minimum Gasteiger partial charge on any atom is -0.465 e. The molecule has 0 radical (unpaired) electrons. The molecule has 4 bridgehead atoms. The lowest BCUT2D eigenvalue weighted by molar-refractivity contribution is -0.149. The predicted molar refractivity (Wildman–Crippen MR) is 129 cm³/mol. The molecule has 4 aliphatic rings. The molecule has 180 valence electrons. The van der Waals surface area contributed by atoms with Gasteiger partial charge in [-0.25, -0.2) is 0 Å². The molecule has 0 aliphatic heterocycles. The summed E-state index contributed by atoms with van der Waals surface area (Å²) in [5.74, 6) is 0.105. The van der Waals surface area contributed by atoms with Gasteiger partial charge < -0.3 is 4.74 Å². The van der Waals surface area contributed by atoms with Crippen molar-refractivity contribution in [3.8, 4) is 0 Å². The van der Waals surface area contributed by atoms with Crippen molar-refractivity contribution in [2.24, 2.45) is 38.9 Å². The third kappa shape index (κ3) is 2.85. The first-order valence-electron chi connectivity index (χ1n) is 12.6. The summed E-state index contributed by atoms with van der Waals surface area (Å²) < 4.78 is 5.57. The second-order valence-corrected chi connectivity index (χ2v) is 12.4. The molecule has 0 spiro atoms. The normalized spacial score (nSPS) is 40.0. The second-order valence-electron chi connectivity index (χ2n) is 12.4. The highest BCUT2D eigenvalue weighted by molar-refractivity contribution is 6.07. The van der Waals surface area contributed by atoms with Crippen molar-refractivity contribution < 1.29 is 19.1 Å². The maximum Gasteiger partial charge on any atom is 0.320 e. The number of ether oxygens (including phenoxy) is 1. The smallest absolute Gasteiger partial charge is 0.320 e. The van der Waals surface area contributed by atoms with Crippen LogP contribution < -0.4 is 0 Å². The third-order valence-electron chi connectivity index (χ3n) is 10.7. The van der Waals surface area contributed by atoms with E-state index >= 15 is 0 Å². The van der Waals surface area contributed by atoms with Gasteiger partial charge in [-0.15, -0.1) is 6.58 Å². The van der Waals surface area contributed by atoms with Crippen LogP contribution in [0.3, 0.4) is 0 Å². The van der Waals surface area contributed by atoms with Gasteiger partial charge in [0.25, 0.3) is 0 Å². The summed E-state index contributed by atoms with van der Waals surface area (Å²) >= 11 is 0. The van der Waals surface area contributed by atoms with E-state index in [1.165, 1.54) is 0 Å². The summed E-state index contributed by atoms with van der Waals surface area (Å²) in [6.07, 6.45) is 9.38. The highest BCUT2D eigenvalue weighted by atomic mass is 16.5. The quantitative estimate of drug-likeness (QED) is 0.281. The highest BCUT2D eigenvalue weighted by Gasteiger charge is 2.66. The van der Waals surface area contributed by atoms with E-state index in [4.69, 9.17) is 4.74 Å². The van der Waals surface area contributed by atoms with Crippen LogP contribution in [-0.2, 0) is 19.1 Å². The maximum atomic E-state index is 13.6. The van der Waals surface area contributed by atoms with Crippen LogP contribution >= 0.6 is 0 Å². The standard InChI is InChI=1S/C29H40O4/c1-9-13-29(24(32)33-10-2,16-18-20-11-14-27(7,22(18)30)25(20,3)4)17-19-21-12-15-28(8,23(19)31)26(21,5)6/h9,16-17,20-21H,1,10-15H2,2-8H3/b18-16-,19-17-/t20-,21-,27-,28+,29?/m1/s1. The number of Topliss-reactive ketones (excluding diaryl/α,β-unsaturated/α-hetero) is 2. The first-order chi connectivity index (χ1) is 15.2. The van der Waals surface area contributed by atoms with Crippen LogP contribution in [0.1, 0.15) is 80.6 Å². The summed E-state index contributed by atoms with van der Waals surface area (Å²) in [6.45, 7) is 18.8. The number of hydrogen-bond acceptors (Lipinski definition) is 4. The number of ketones is 2. The molecule has 0 heterocycles. The van der Waals surface area contributed by atoms with Crippen molar-refractivity contribution in [1.82, 2.24) is 0 Å². The molecule has 0 aromatic heterocycles. The van der Waals surface area contributed by atoms with E-state index in [-0.39, 0.29) is 40.8 Å². The van der Waals surface area contributed by atoms with Crippen molar-refractivity contribution >= 4 is 17.5 Å². The van der Waals surface area contributed by atoms with Gasteiger partial charge in [-0.1, -0.05) is 59.8 Å². The van der Waals surface area contributed by atoms with E-state index in [9.17, 15) is 14.4 Å². The van der Waals surface area contributed by atoms with Gasteiger partial charge >= 0.3 is 5.97 Å². The summed E-state index contributed by atoms with van der Waals surface area (Å²) in [5, 5.41) is 0. The first kappa shape index (κ1) is 24.2. The Balaban J connectivity index is 1.91. The molecule has 4 rings (SSSR count). The number of esters is 1. The monoisotopic (exact) mass is 452 g/mol. The van der Waals surface area contributed by atoms with E-state index in [0.717, 1.165) is 36.8 Å². The SMILES string of the molecule is C=CCC(/C=C1\C(=O)[C@]2(C)CC[C@H]1C2(C)C)(/C=C1\C(=O)[C@@]2(C)CC[C@H]1C2(C)C)C(=O)OCC. The number of hydrogen-bond donors (Lipinski definition) is 0. The maximum absolute atomic E-state index is 13.6. The molecule has 33 heavy (non-hydrogen) atoms. The van der Waals surface area contributed by atoms with Gasteiger partial charge in [-0.05, 0) is 72.8 Å². The van der Waals surface area contributed by atoms with Gasteiger partial charge in [0.2, 0.25) is 0 Å². The fourth-order valence-corrected chi connectivity index (χ4v) is 7.61. The van der Waals surface area contributed by atoms with Crippen molar-refractivity contribution in [2.75, 3.05) is 6.61 Å². The lowest BCUT2D eigenvalue weighted by atomic mass is 9.70. The molecule has 4 heteroatoms. The van der Waals surface area contributed by atoms with Crippen molar-refractivity contribution in [3.63, 3.8) is 0 Å². The first-order valence-corrected chi connectivity index (χ1v) is 12.6. The molecule has 0 aromatic rings. The summed E-state index contributed by atoms with van der Waals surface area (Å²) in [4.78, 5) is 40.8. The Morgan fingerprint density at radius 1 is 0.939 bits per heavy atom. The molecule has 4 nitrogen and oxygen atoms in total. The zero-order chi connectivity index (χ0) is 24.6. The Labute approximate surface area is 198 Å². The Morgan fingerprint density at radius 2 is 1.36 bits per heavy atom. The minimum absolute atomic E-state index is 0.108. The van der Waals surface area contributed by atoms with Crippen LogP contribution in [0.15, 0.2) is 36.0 Å². The molecule has 0 saturated heterocycles. The van der Waals surface area contributed by atoms with Gasteiger partial charge in [0, 0.05) is 10.8 Å². The van der Waals surface area contributed by atoms with Gasteiger partial charge in [-0.3, -0.25) is 14.4 Å². The average molecular weight is 453 g/mol. The van der Waals surface area contributed by atoms with Crippen LogP contribution in [0.5, 0.6) is 0 Å². The molecule has 4 saturated carbocycles. The molecule has 0 aromatic carbocycles. The van der Waals surface area contributed by atoms with Crippen molar-refractivity contribution in [3.05, 3.63) is 36.0 Å². The van der Waals surface area contributed by atoms with Crippen LogP contribution in [-0.4, -0.2) is 24.1 Å². The molecule has 0 amide bonds. The Kier molecular flexibility index (Phi) is 5.32. The highest BCUT2D eigenvalue weighted by Crippen LogP contribution is 2.67. The summed E-state index contributed by atoms with van der Waals surface area (Å²) in [5.41, 5.74) is -0.860. The zero-order valence-electron chi connectivity index (χ0n) is 21.5. The fourth-order valence-electron chi connectivity index (χ4n) is 7.61. The molecular formula is C29H40O4. The van der Waals surface area contributed by atoms with Crippen LogP contribution in [0.2, 0.25) is 0 Å². The summed E-state index contributed by atoms with van der Waals surface area (Å²) in [7, 11) is 0. The van der Waals surface area contributed by atoms with Gasteiger partial charge in [0.1, 0.15) is 5.41 Å². The summed E-state index contributed by atoms with van der Waals surface area (Å²) in [6, 6.07) is 0. The number of allylic oxidation sites excluding steroid dienone is 3. The van der Waals surface area contributed by atoms with E-state index in [1.807, 2.05) is 12.2 Å². The zero-order valence-corrected chi connectivity index (χ0v) is 21.5. The fraction of sp³-hybridized carbons (Fsp3) is 0.690. The molecule has 0 N–H and O–H groups in total. The molecular weight excluding hydrogens is 412 g/mol. The third-order valence-corrected chi connectivity index (χ3v) is 10.7. The van der Waals surface area contributed by atoms with E-state index in [0.29, 0.717) is 6.42 Å². The van der Waals surface area contributed by atoms with E-state index < -0.39 is 22.2 Å². The van der Waals surface area contributed by atoms with Crippen LogP contribution in [0.25, 0.3) is 0 Å². The lowest BCUT2D eigenvalue weighted by Gasteiger charge is -2.31. The second kappa shape index (κ2) is 7.26. The van der Waals surface area contributed by atoms with Crippen molar-refractivity contribution in [1.29, 1.82) is 0 Å². The molecule has 5 atom stereocenters. The number of rotatable bonds is 6. The number of carbonyl (C=O) groups is 3. The number of fused-ring (bicyclic) bond motifs is 4. The van der Waals surface area contributed by atoms with Crippen molar-refractivity contribution in [2.45, 2.75) is 80.6 Å². The molecule has 4 aliphatic carbocycles. The average Bonchev–Trinajstić information content (AvgIpc) is 3.21. The Hall–Kier alpha value is -1.97. The van der Waals surface area contributed by atoms with E-state index in [1.54, 1.807) is 13.0 Å². The molecule has 1 unspecified atom stereocenters. The molecule has 4 fully saturated rings. The largest absolute Gasteiger partial charge is 0.465 e. The van der Waals surface area contributed by atoms with Gasteiger partial charge in [0.15, 0.2) is 11.6 Å².